The third-order valence-electron chi connectivity index (χ3n) is 4.30. The Bertz CT molecular complexity index is 477. The summed E-state index contributed by atoms with van der Waals surface area (Å²) in [7, 11) is 0. The van der Waals surface area contributed by atoms with Gasteiger partial charge >= 0.3 is 0 Å². The molecule has 2 heterocycles. The summed E-state index contributed by atoms with van der Waals surface area (Å²) in [5.41, 5.74) is 0.0633. The van der Waals surface area contributed by atoms with Gasteiger partial charge in [0.15, 0.2) is 11.6 Å². The number of anilines is 1. The molecule has 2 fully saturated rings. The zero-order chi connectivity index (χ0) is 15.4. The van der Waals surface area contributed by atoms with Gasteiger partial charge in [0.1, 0.15) is 18.0 Å². The van der Waals surface area contributed by atoms with Crippen molar-refractivity contribution in [2.75, 3.05) is 57.3 Å². The fraction of sp³-hybridized carbons (Fsp3) is 0.625. The van der Waals surface area contributed by atoms with Gasteiger partial charge in [0.25, 0.3) is 0 Å². The molecule has 4 nitrogen and oxygen atoms in total. The molecular formula is C16H23F2N3O. The highest BCUT2D eigenvalue weighted by Crippen LogP contribution is 2.28. The fourth-order valence-electron chi connectivity index (χ4n) is 3.11. The van der Waals surface area contributed by atoms with Crippen LogP contribution >= 0.6 is 0 Å². The summed E-state index contributed by atoms with van der Waals surface area (Å²) in [5, 5.41) is 3.17. The van der Waals surface area contributed by atoms with Crippen molar-refractivity contribution in [1.82, 2.24) is 10.2 Å². The van der Waals surface area contributed by atoms with E-state index in [0.717, 1.165) is 32.7 Å². The van der Waals surface area contributed by atoms with Crippen molar-refractivity contribution in [3.63, 3.8) is 0 Å². The van der Waals surface area contributed by atoms with Crippen LogP contribution in [-0.2, 0) is 0 Å². The number of halogens is 2. The normalized spacial score (nSPS) is 19.6. The van der Waals surface area contributed by atoms with E-state index < -0.39 is 11.6 Å². The van der Waals surface area contributed by atoms with Gasteiger partial charge in [-0.15, -0.1) is 0 Å². The van der Waals surface area contributed by atoms with Crippen LogP contribution in [0.4, 0.5) is 14.5 Å². The van der Waals surface area contributed by atoms with Gasteiger partial charge in [-0.3, -0.25) is 4.90 Å². The van der Waals surface area contributed by atoms with E-state index in [0.29, 0.717) is 19.7 Å². The number of likely N-dealkylation sites (tertiary alicyclic amines) is 1. The molecule has 0 amide bonds. The molecule has 0 radical (unpaired) electrons. The van der Waals surface area contributed by atoms with Crippen molar-refractivity contribution in [1.29, 1.82) is 0 Å². The van der Waals surface area contributed by atoms with Crippen molar-refractivity contribution in [2.24, 2.45) is 0 Å². The summed E-state index contributed by atoms with van der Waals surface area (Å²) in [6, 6.07) is 2.59. The van der Waals surface area contributed by atoms with Gasteiger partial charge in [-0.05, 0) is 25.9 Å². The highest BCUT2D eigenvalue weighted by Gasteiger charge is 2.20. The summed E-state index contributed by atoms with van der Waals surface area (Å²) in [6.45, 7) is 6.17. The standard InChI is InChI=1S/C16H23F2N3O/c17-14-11-13(22-10-9-20-5-1-2-6-20)12-15(18)16(14)21-7-3-19-4-8-21/h11-12,19H,1-10H2. The second-order valence-corrected chi connectivity index (χ2v) is 5.87. The summed E-state index contributed by atoms with van der Waals surface area (Å²) in [5.74, 6) is -0.816. The van der Waals surface area contributed by atoms with Gasteiger partial charge in [-0.1, -0.05) is 0 Å². The Balaban J connectivity index is 1.61. The van der Waals surface area contributed by atoms with E-state index in [9.17, 15) is 8.78 Å². The van der Waals surface area contributed by atoms with Crippen LogP contribution in [0.5, 0.6) is 5.75 Å². The number of nitrogens with one attached hydrogen (secondary N) is 1. The molecule has 2 saturated heterocycles. The maximum absolute atomic E-state index is 14.2. The smallest absolute Gasteiger partial charge is 0.153 e. The lowest BCUT2D eigenvalue weighted by Gasteiger charge is -2.30. The average molecular weight is 311 g/mol. The molecule has 0 aromatic heterocycles. The first-order valence-electron chi connectivity index (χ1n) is 8.04. The molecule has 0 spiro atoms. The lowest BCUT2D eigenvalue weighted by atomic mass is 10.2. The molecule has 0 atom stereocenters. The highest BCUT2D eigenvalue weighted by atomic mass is 19.1. The molecule has 22 heavy (non-hydrogen) atoms. The van der Waals surface area contributed by atoms with Crippen LogP contribution in [0.1, 0.15) is 12.8 Å². The molecule has 3 rings (SSSR count). The minimum Gasteiger partial charge on any atom is -0.492 e. The van der Waals surface area contributed by atoms with Crippen molar-refractivity contribution >= 4 is 5.69 Å². The number of hydrogen-bond acceptors (Lipinski definition) is 4. The van der Waals surface area contributed by atoms with Crippen LogP contribution in [0.2, 0.25) is 0 Å². The summed E-state index contributed by atoms with van der Waals surface area (Å²) in [4.78, 5) is 4.05. The van der Waals surface area contributed by atoms with Crippen LogP contribution in [0, 0.1) is 11.6 Å². The molecule has 6 heteroatoms. The lowest BCUT2D eigenvalue weighted by molar-refractivity contribution is 0.236. The molecule has 1 aromatic carbocycles. The van der Waals surface area contributed by atoms with Gasteiger partial charge in [0.2, 0.25) is 0 Å². The number of piperazine rings is 1. The Labute approximate surface area is 130 Å². The molecule has 0 saturated carbocycles. The van der Waals surface area contributed by atoms with Gasteiger partial charge in [0, 0.05) is 44.9 Å². The average Bonchev–Trinajstić information content (AvgIpc) is 3.01. The quantitative estimate of drug-likeness (QED) is 0.898. The summed E-state index contributed by atoms with van der Waals surface area (Å²) >= 11 is 0. The molecule has 0 aliphatic carbocycles. The number of ether oxygens (including phenoxy) is 1. The first-order valence-corrected chi connectivity index (χ1v) is 8.04. The number of benzene rings is 1. The predicted molar refractivity (Wildman–Crippen MR) is 82.6 cm³/mol. The summed E-state index contributed by atoms with van der Waals surface area (Å²) in [6.07, 6.45) is 2.45. The Hall–Kier alpha value is -1.40. The molecule has 1 N–H and O–H groups in total. The van der Waals surface area contributed by atoms with Crippen LogP contribution in [-0.4, -0.2) is 57.3 Å². The van der Waals surface area contributed by atoms with E-state index >= 15 is 0 Å². The predicted octanol–water partition coefficient (Wildman–Crippen LogP) is 1.85. The Kier molecular flexibility index (Phi) is 5.10. The van der Waals surface area contributed by atoms with Crippen LogP contribution in [0.25, 0.3) is 0 Å². The first kappa shape index (κ1) is 15.5. The Morgan fingerprint density at radius 2 is 1.64 bits per heavy atom. The monoisotopic (exact) mass is 311 g/mol. The largest absolute Gasteiger partial charge is 0.492 e. The molecule has 2 aliphatic heterocycles. The zero-order valence-electron chi connectivity index (χ0n) is 12.8. The van der Waals surface area contributed by atoms with Crippen LogP contribution < -0.4 is 15.0 Å². The molecular weight excluding hydrogens is 288 g/mol. The second kappa shape index (κ2) is 7.24. The topological polar surface area (TPSA) is 27.7 Å². The van der Waals surface area contributed by atoms with Crippen LogP contribution in [0.15, 0.2) is 12.1 Å². The van der Waals surface area contributed by atoms with Crippen molar-refractivity contribution in [2.45, 2.75) is 12.8 Å². The number of hydrogen-bond donors (Lipinski definition) is 1. The third-order valence-corrected chi connectivity index (χ3v) is 4.30. The Morgan fingerprint density at radius 3 is 2.27 bits per heavy atom. The lowest BCUT2D eigenvalue weighted by Crippen LogP contribution is -2.44. The van der Waals surface area contributed by atoms with E-state index in [1.54, 1.807) is 4.90 Å². The SMILES string of the molecule is Fc1cc(OCCN2CCCC2)cc(F)c1N1CCNCC1. The van der Waals surface area contributed by atoms with E-state index in [2.05, 4.69) is 10.2 Å². The van der Waals surface area contributed by atoms with Gasteiger partial charge in [-0.25, -0.2) is 8.78 Å². The summed E-state index contributed by atoms with van der Waals surface area (Å²) < 4.78 is 34.0. The fourth-order valence-corrected chi connectivity index (χ4v) is 3.11. The van der Waals surface area contributed by atoms with Crippen LogP contribution in [0.3, 0.4) is 0 Å². The molecule has 1 aromatic rings. The Morgan fingerprint density at radius 1 is 1.00 bits per heavy atom. The maximum Gasteiger partial charge on any atom is 0.153 e. The molecule has 122 valence electrons. The van der Waals surface area contributed by atoms with Gasteiger partial charge in [0.05, 0.1) is 0 Å². The van der Waals surface area contributed by atoms with E-state index in [1.165, 1.54) is 25.0 Å². The molecule has 2 aliphatic rings. The first-order chi connectivity index (χ1) is 10.7. The zero-order valence-corrected chi connectivity index (χ0v) is 12.8. The van der Waals surface area contributed by atoms with Crippen molar-refractivity contribution < 1.29 is 13.5 Å². The van der Waals surface area contributed by atoms with E-state index in [-0.39, 0.29) is 11.4 Å². The highest BCUT2D eigenvalue weighted by molar-refractivity contribution is 5.52. The maximum atomic E-state index is 14.2. The third kappa shape index (κ3) is 3.67. The number of rotatable bonds is 5. The van der Waals surface area contributed by atoms with Gasteiger partial charge < -0.3 is 15.0 Å². The minimum atomic E-state index is -0.543. The number of nitrogens with zero attached hydrogens (tertiary/aromatic N) is 2. The minimum absolute atomic E-state index is 0.0633. The van der Waals surface area contributed by atoms with Crippen molar-refractivity contribution in [3.8, 4) is 5.75 Å². The van der Waals surface area contributed by atoms with E-state index in [1.807, 2.05) is 0 Å². The second-order valence-electron chi connectivity index (χ2n) is 5.87. The van der Waals surface area contributed by atoms with Crippen molar-refractivity contribution in [3.05, 3.63) is 23.8 Å². The molecule has 0 bridgehead atoms. The van der Waals surface area contributed by atoms with Gasteiger partial charge in [-0.2, -0.15) is 0 Å². The van der Waals surface area contributed by atoms with E-state index in [4.69, 9.17) is 4.74 Å². The molecule has 0 unspecified atom stereocenters.